The number of nitrogens with one attached hydrogen (secondary N) is 1. The molecule has 9 heteroatoms. The Morgan fingerprint density at radius 3 is 2.00 bits per heavy atom. The minimum atomic E-state index is -0.240. The lowest BCUT2D eigenvalue weighted by Crippen LogP contribution is -2.39. The van der Waals surface area contributed by atoms with E-state index in [1.807, 2.05) is 0 Å². The topological polar surface area (TPSA) is 103 Å². The maximum atomic E-state index is 12.3. The molecule has 0 spiro atoms. The molecule has 1 aliphatic carbocycles. The van der Waals surface area contributed by atoms with Gasteiger partial charge in [-0.2, -0.15) is 0 Å². The van der Waals surface area contributed by atoms with Gasteiger partial charge in [0, 0.05) is 31.2 Å². The molecule has 0 unspecified atom stereocenters. The number of carbonyl (C=O) groups excluding carboxylic acids is 3. The Labute approximate surface area is 189 Å². The predicted octanol–water partition coefficient (Wildman–Crippen LogP) is 0.534. The van der Waals surface area contributed by atoms with Gasteiger partial charge >= 0.3 is 0 Å². The van der Waals surface area contributed by atoms with E-state index in [0.717, 1.165) is 25.7 Å². The van der Waals surface area contributed by atoms with Gasteiger partial charge in [0.15, 0.2) is 0 Å². The molecule has 0 atom stereocenters. The van der Waals surface area contributed by atoms with Crippen molar-refractivity contribution in [1.82, 2.24) is 10.2 Å². The van der Waals surface area contributed by atoms with E-state index in [4.69, 9.17) is 25.4 Å². The van der Waals surface area contributed by atoms with Gasteiger partial charge in [0.1, 0.15) is 6.61 Å². The van der Waals surface area contributed by atoms with Crippen LogP contribution in [0.15, 0.2) is 12.2 Å². The number of carbonyl (C=O) groups is 3. The van der Waals surface area contributed by atoms with E-state index in [9.17, 15) is 14.4 Å². The monoisotopic (exact) mass is 450 g/mol. The molecular weight excluding hydrogens is 416 g/mol. The second kappa shape index (κ2) is 15.5. The first-order valence-electron chi connectivity index (χ1n) is 11.2. The van der Waals surface area contributed by atoms with Gasteiger partial charge in [-0.3, -0.25) is 19.3 Å². The van der Waals surface area contributed by atoms with Crippen molar-refractivity contribution in [1.29, 1.82) is 0 Å². The lowest BCUT2D eigenvalue weighted by Gasteiger charge is -2.30. The zero-order valence-corrected chi connectivity index (χ0v) is 18.6. The van der Waals surface area contributed by atoms with Crippen molar-refractivity contribution in [2.45, 2.75) is 25.7 Å². The van der Waals surface area contributed by atoms with Crippen LogP contribution < -0.4 is 5.32 Å². The second-order valence-electron chi connectivity index (χ2n) is 7.72. The third kappa shape index (κ3) is 9.92. The van der Waals surface area contributed by atoms with E-state index in [1.165, 1.54) is 17.1 Å². The molecular formula is C23H34N2O7. The number of imide groups is 1. The van der Waals surface area contributed by atoms with Crippen LogP contribution in [0.5, 0.6) is 0 Å². The number of nitrogens with zero attached hydrogens (tertiary/aromatic N) is 1. The van der Waals surface area contributed by atoms with Crippen molar-refractivity contribution >= 4 is 17.7 Å². The van der Waals surface area contributed by atoms with E-state index < -0.39 is 0 Å². The average Bonchev–Trinajstić information content (AvgIpc) is 3.11. The molecule has 1 heterocycles. The molecule has 1 aliphatic heterocycles. The first-order chi connectivity index (χ1) is 15.6. The largest absolute Gasteiger partial charge is 0.377 e. The highest BCUT2D eigenvalue weighted by atomic mass is 16.6. The summed E-state index contributed by atoms with van der Waals surface area (Å²) in [5.41, 5.74) is 0. The number of hydrogen-bond acceptors (Lipinski definition) is 7. The number of hydrogen-bond donors (Lipinski definition) is 1. The number of amides is 3. The zero-order chi connectivity index (χ0) is 23.0. The minimum absolute atomic E-state index is 0.0188. The Morgan fingerprint density at radius 2 is 1.44 bits per heavy atom. The molecule has 0 aromatic heterocycles. The molecule has 2 aliphatic rings. The normalized spacial score (nSPS) is 20.5. The summed E-state index contributed by atoms with van der Waals surface area (Å²) in [7, 11) is 0. The molecule has 1 fully saturated rings. The Kier molecular flexibility index (Phi) is 12.6. The Hall–Kier alpha value is -2.25. The van der Waals surface area contributed by atoms with Crippen LogP contribution in [0.25, 0.3) is 0 Å². The summed E-state index contributed by atoms with van der Waals surface area (Å²) in [4.78, 5) is 36.9. The zero-order valence-electron chi connectivity index (χ0n) is 18.6. The van der Waals surface area contributed by atoms with E-state index in [0.29, 0.717) is 65.9 Å². The maximum Gasteiger partial charge on any atom is 0.253 e. The smallest absolute Gasteiger partial charge is 0.253 e. The summed E-state index contributed by atoms with van der Waals surface area (Å²) in [6.45, 7) is 4.47. The Morgan fingerprint density at radius 1 is 0.906 bits per heavy atom. The quantitative estimate of drug-likeness (QED) is 0.208. The summed E-state index contributed by atoms with van der Waals surface area (Å²) in [5, 5.41) is 2.92. The number of ether oxygens (including phenoxy) is 4. The third-order valence-corrected chi connectivity index (χ3v) is 5.41. The van der Waals surface area contributed by atoms with Gasteiger partial charge in [0.05, 0.1) is 46.2 Å². The predicted molar refractivity (Wildman–Crippen MR) is 116 cm³/mol. The van der Waals surface area contributed by atoms with Crippen molar-refractivity contribution in [2.75, 3.05) is 65.9 Å². The Balaban J connectivity index is 1.39. The fourth-order valence-corrected chi connectivity index (χ4v) is 3.66. The summed E-state index contributed by atoms with van der Waals surface area (Å²) < 4.78 is 21.3. The van der Waals surface area contributed by atoms with E-state index in [-0.39, 0.29) is 29.6 Å². The van der Waals surface area contributed by atoms with Crippen LogP contribution in [0.3, 0.4) is 0 Å². The van der Waals surface area contributed by atoms with Crippen molar-refractivity contribution in [3.8, 4) is 12.3 Å². The molecule has 1 saturated carbocycles. The molecule has 0 aromatic rings. The highest BCUT2D eigenvalue weighted by molar-refractivity contribution is 6.12. The standard InChI is InChI=1S/C23H34N2O7/c1-2-10-29-12-14-31-16-17-32-15-13-30-11-9-24-23(28)20-5-3-19(4-6-20)18-25-21(26)7-8-22(25)27/h1,7-8,19-20H,3-6,9-18H2,(H,24,28). The Bertz CT molecular complexity index is 648. The highest BCUT2D eigenvalue weighted by Crippen LogP contribution is 2.30. The summed E-state index contributed by atoms with van der Waals surface area (Å²) in [5.74, 6) is 2.19. The van der Waals surface area contributed by atoms with Gasteiger partial charge in [-0.25, -0.2) is 0 Å². The molecule has 0 bridgehead atoms. The molecule has 178 valence electrons. The van der Waals surface area contributed by atoms with Crippen LogP contribution in [0, 0.1) is 24.2 Å². The van der Waals surface area contributed by atoms with Crippen LogP contribution >= 0.6 is 0 Å². The third-order valence-electron chi connectivity index (χ3n) is 5.41. The van der Waals surface area contributed by atoms with Gasteiger partial charge in [-0.1, -0.05) is 5.92 Å². The first-order valence-corrected chi connectivity index (χ1v) is 11.2. The van der Waals surface area contributed by atoms with Crippen molar-refractivity contribution in [3.63, 3.8) is 0 Å². The van der Waals surface area contributed by atoms with Gasteiger partial charge in [-0.05, 0) is 31.6 Å². The molecule has 1 N–H and O–H groups in total. The SMILES string of the molecule is C#CCOCCOCCOCCOCCNC(=O)C1CCC(CN2C(=O)C=CC2=O)CC1. The van der Waals surface area contributed by atoms with Gasteiger partial charge in [0.2, 0.25) is 5.91 Å². The van der Waals surface area contributed by atoms with Crippen LogP contribution in [-0.4, -0.2) is 88.6 Å². The molecule has 3 amide bonds. The van der Waals surface area contributed by atoms with Gasteiger partial charge < -0.3 is 24.3 Å². The second-order valence-corrected chi connectivity index (χ2v) is 7.72. The van der Waals surface area contributed by atoms with Crippen LogP contribution in [0.1, 0.15) is 25.7 Å². The summed E-state index contributed by atoms with van der Waals surface area (Å²) in [6.07, 6.45) is 10.9. The van der Waals surface area contributed by atoms with Crippen LogP contribution in [0.2, 0.25) is 0 Å². The van der Waals surface area contributed by atoms with Crippen LogP contribution in [-0.2, 0) is 33.3 Å². The number of terminal acetylenes is 1. The fraction of sp³-hybridized carbons (Fsp3) is 0.696. The van der Waals surface area contributed by atoms with Crippen LogP contribution in [0.4, 0.5) is 0 Å². The van der Waals surface area contributed by atoms with Gasteiger partial charge in [-0.15, -0.1) is 6.42 Å². The minimum Gasteiger partial charge on any atom is -0.377 e. The lowest BCUT2D eigenvalue weighted by atomic mass is 9.81. The first kappa shape index (κ1) is 26.0. The van der Waals surface area contributed by atoms with E-state index in [2.05, 4.69) is 11.2 Å². The van der Waals surface area contributed by atoms with E-state index >= 15 is 0 Å². The molecule has 0 radical (unpaired) electrons. The molecule has 0 aromatic carbocycles. The molecule has 9 nitrogen and oxygen atoms in total. The summed E-state index contributed by atoms with van der Waals surface area (Å²) in [6, 6.07) is 0. The number of rotatable bonds is 16. The highest BCUT2D eigenvalue weighted by Gasteiger charge is 2.31. The van der Waals surface area contributed by atoms with Crippen molar-refractivity contribution in [2.24, 2.45) is 11.8 Å². The van der Waals surface area contributed by atoms with Crippen molar-refractivity contribution in [3.05, 3.63) is 12.2 Å². The maximum absolute atomic E-state index is 12.3. The van der Waals surface area contributed by atoms with E-state index in [1.54, 1.807) is 0 Å². The van der Waals surface area contributed by atoms with Crippen molar-refractivity contribution < 1.29 is 33.3 Å². The molecule has 32 heavy (non-hydrogen) atoms. The molecule has 2 rings (SSSR count). The lowest BCUT2D eigenvalue weighted by molar-refractivity contribution is -0.138. The average molecular weight is 451 g/mol. The summed E-state index contributed by atoms with van der Waals surface area (Å²) >= 11 is 0. The molecule has 0 saturated heterocycles. The fourth-order valence-electron chi connectivity index (χ4n) is 3.66. The van der Waals surface area contributed by atoms with Gasteiger partial charge in [0.25, 0.3) is 11.8 Å².